The van der Waals surface area contributed by atoms with Gasteiger partial charge in [0.1, 0.15) is 5.75 Å². The maximum absolute atomic E-state index is 11.7. The van der Waals surface area contributed by atoms with Crippen LogP contribution in [0.25, 0.3) is 0 Å². The number of benzene rings is 1. The van der Waals surface area contributed by atoms with Gasteiger partial charge < -0.3 is 10.4 Å². The van der Waals surface area contributed by atoms with Crippen molar-refractivity contribution < 1.29 is 14.7 Å². The zero-order chi connectivity index (χ0) is 13.0. The molecule has 0 aliphatic heterocycles. The van der Waals surface area contributed by atoms with Gasteiger partial charge in [-0.3, -0.25) is 9.59 Å². The van der Waals surface area contributed by atoms with Crippen molar-refractivity contribution in [3.8, 4) is 5.75 Å². The van der Waals surface area contributed by atoms with Crippen LogP contribution in [-0.4, -0.2) is 23.3 Å². The van der Waals surface area contributed by atoms with E-state index in [-0.39, 0.29) is 29.9 Å². The lowest BCUT2D eigenvalue weighted by Crippen LogP contribution is -2.31. The minimum Gasteiger partial charge on any atom is -0.507 e. The normalized spacial score (nSPS) is 10.4. The second-order valence-corrected chi connectivity index (χ2v) is 5.13. The quantitative estimate of drug-likeness (QED) is 0.819. The molecule has 1 amide bonds. The Morgan fingerprint density at radius 2 is 2.06 bits per heavy atom. The molecule has 17 heavy (non-hydrogen) atoms. The smallest absolute Gasteiger partial charge is 0.251 e. The van der Waals surface area contributed by atoms with E-state index in [1.54, 1.807) is 26.0 Å². The highest BCUT2D eigenvalue weighted by atomic mass is 127. The van der Waals surface area contributed by atoms with E-state index >= 15 is 0 Å². The molecule has 4 nitrogen and oxygen atoms in total. The number of nitrogens with one attached hydrogen (secondary N) is 1. The molecule has 0 fully saturated rings. The van der Waals surface area contributed by atoms with E-state index in [9.17, 15) is 14.7 Å². The number of amides is 1. The van der Waals surface area contributed by atoms with Gasteiger partial charge in [-0.25, -0.2) is 0 Å². The molecule has 0 aliphatic carbocycles. The molecule has 0 spiro atoms. The Hall–Kier alpha value is -1.11. The summed E-state index contributed by atoms with van der Waals surface area (Å²) in [5.74, 6) is -0.410. The number of hydrogen-bond donors (Lipinski definition) is 2. The van der Waals surface area contributed by atoms with Gasteiger partial charge in [0.05, 0.1) is 10.1 Å². The Balaban J connectivity index is 2.64. The van der Waals surface area contributed by atoms with E-state index in [2.05, 4.69) is 5.32 Å². The molecule has 1 aromatic rings. The van der Waals surface area contributed by atoms with Crippen LogP contribution in [0.3, 0.4) is 0 Å². The van der Waals surface area contributed by atoms with E-state index in [0.29, 0.717) is 9.13 Å². The zero-order valence-electron chi connectivity index (χ0n) is 9.66. The first-order valence-corrected chi connectivity index (χ1v) is 6.29. The summed E-state index contributed by atoms with van der Waals surface area (Å²) in [6.45, 7) is 3.58. The van der Waals surface area contributed by atoms with Crippen molar-refractivity contribution >= 4 is 34.3 Å². The van der Waals surface area contributed by atoms with Gasteiger partial charge in [0.15, 0.2) is 5.78 Å². The fourth-order valence-corrected chi connectivity index (χ4v) is 1.46. The molecule has 5 heteroatoms. The Bertz CT molecular complexity index is 443. The summed E-state index contributed by atoms with van der Waals surface area (Å²) in [5, 5.41) is 12.0. The number of Topliss-reactive ketones (excluding diaryl/α,β-unsaturated/α-hetero) is 1. The lowest BCUT2D eigenvalue weighted by atomic mass is 10.1. The van der Waals surface area contributed by atoms with E-state index in [1.165, 1.54) is 6.07 Å². The molecule has 1 aromatic carbocycles. The van der Waals surface area contributed by atoms with E-state index in [1.807, 2.05) is 22.6 Å². The highest BCUT2D eigenvalue weighted by Crippen LogP contribution is 2.20. The van der Waals surface area contributed by atoms with Crippen molar-refractivity contribution in [1.29, 1.82) is 0 Å². The Morgan fingerprint density at radius 3 is 2.59 bits per heavy atom. The van der Waals surface area contributed by atoms with Crippen LogP contribution in [0.1, 0.15) is 24.2 Å². The minimum atomic E-state index is -0.356. The van der Waals surface area contributed by atoms with Crippen LogP contribution in [0.4, 0.5) is 0 Å². The molecular weight excluding hydrogens is 333 g/mol. The van der Waals surface area contributed by atoms with Crippen LogP contribution < -0.4 is 5.32 Å². The molecule has 1 rings (SSSR count). The van der Waals surface area contributed by atoms with Crippen molar-refractivity contribution in [2.75, 3.05) is 6.54 Å². The molecular formula is C12H14INO3. The lowest BCUT2D eigenvalue weighted by Gasteiger charge is -2.07. The van der Waals surface area contributed by atoms with Gasteiger partial charge in [-0.05, 0) is 40.8 Å². The molecule has 0 saturated carbocycles. The first-order chi connectivity index (χ1) is 7.91. The molecule has 0 saturated heterocycles. The summed E-state index contributed by atoms with van der Waals surface area (Å²) in [6, 6.07) is 4.64. The first kappa shape index (κ1) is 14.0. The van der Waals surface area contributed by atoms with Crippen LogP contribution in [-0.2, 0) is 4.79 Å². The molecule has 0 bridgehead atoms. The predicted octanol–water partition coefficient (Wildman–Crippen LogP) is 1.95. The SMILES string of the molecule is CC(C)C(=O)CNC(=O)c1ccc(I)c(O)c1. The Labute approximate surface area is 114 Å². The second-order valence-electron chi connectivity index (χ2n) is 3.97. The summed E-state index contributed by atoms with van der Waals surface area (Å²) >= 11 is 1.97. The van der Waals surface area contributed by atoms with Gasteiger partial charge in [-0.15, -0.1) is 0 Å². The summed E-state index contributed by atoms with van der Waals surface area (Å²) in [6.07, 6.45) is 0. The average Bonchev–Trinajstić information content (AvgIpc) is 2.28. The first-order valence-electron chi connectivity index (χ1n) is 5.21. The van der Waals surface area contributed by atoms with Gasteiger partial charge in [-0.1, -0.05) is 13.8 Å². The van der Waals surface area contributed by atoms with Gasteiger partial charge in [-0.2, -0.15) is 0 Å². The molecule has 0 atom stereocenters. The molecule has 92 valence electrons. The fraction of sp³-hybridized carbons (Fsp3) is 0.333. The summed E-state index contributed by atoms with van der Waals surface area (Å²) in [4.78, 5) is 23.0. The third-order valence-electron chi connectivity index (χ3n) is 2.28. The maximum Gasteiger partial charge on any atom is 0.251 e. The number of aromatic hydroxyl groups is 1. The summed E-state index contributed by atoms with van der Waals surface area (Å²) in [7, 11) is 0. The number of hydrogen-bond acceptors (Lipinski definition) is 3. The van der Waals surface area contributed by atoms with Gasteiger partial charge >= 0.3 is 0 Å². The molecule has 0 radical (unpaired) electrons. The van der Waals surface area contributed by atoms with Crippen LogP contribution in [0.15, 0.2) is 18.2 Å². The zero-order valence-corrected chi connectivity index (χ0v) is 11.8. The van der Waals surface area contributed by atoms with Gasteiger partial charge in [0, 0.05) is 11.5 Å². The van der Waals surface area contributed by atoms with Crippen LogP contribution in [0, 0.1) is 9.49 Å². The number of ketones is 1. The molecule has 0 heterocycles. The third-order valence-corrected chi connectivity index (χ3v) is 3.19. The monoisotopic (exact) mass is 347 g/mol. The number of phenolic OH excluding ortho intramolecular Hbond substituents is 1. The Kier molecular flexibility index (Phi) is 4.92. The van der Waals surface area contributed by atoms with Gasteiger partial charge in [0.2, 0.25) is 0 Å². The van der Waals surface area contributed by atoms with Crippen molar-refractivity contribution in [3.63, 3.8) is 0 Å². The van der Waals surface area contributed by atoms with Gasteiger partial charge in [0.25, 0.3) is 5.91 Å². The van der Waals surface area contributed by atoms with Crippen LogP contribution in [0.2, 0.25) is 0 Å². The highest BCUT2D eigenvalue weighted by molar-refractivity contribution is 14.1. The lowest BCUT2D eigenvalue weighted by molar-refractivity contribution is -0.120. The van der Waals surface area contributed by atoms with E-state index in [4.69, 9.17) is 0 Å². The minimum absolute atomic E-state index is 0.0171. The maximum atomic E-state index is 11.7. The number of halogens is 1. The van der Waals surface area contributed by atoms with Crippen molar-refractivity contribution in [3.05, 3.63) is 27.3 Å². The highest BCUT2D eigenvalue weighted by Gasteiger charge is 2.11. The van der Waals surface area contributed by atoms with Crippen molar-refractivity contribution in [2.45, 2.75) is 13.8 Å². The number of phenols is 1. The molecule has 0 aliphatic rings. The summed E-state index contributed by atoms with van der Waals surface area (Å²) in [5.41, 5.74) is 0.347. The largest absolute Gasteiger partial charge is 0.507 e. The Morgan fingerprint density at radius 1 is 1.41 bits per heavy atom. The van der Waals surface area contributed by atoms with Crippen molar-refractivity contribution in [1.82, 2.24) is 5.32 Å². The predicted molar refractivity (Wildman–Crippen MR) is 73.0 cm³/mol. The molecule has 0 aromatic heterocycles. The average molecular weight is 347 g/mol. The standard InChI is InChI=1S/C12H14INO3/c1-7(2)11(16)6-14-12(17)8-3-4-9(13)10(15)5-8/h3-5,7,15H,6H2,1-2H3,(H,14,17). The number of carbonyl (C=O) groups excluding carboxylic acids is 2. The van der Waals surface area contributed by atoms with E-state index < -0.39 is 0 Å². The molecule has 0 unspecified atom stereocenters. The molecule has 2 N–H and O–H groups in total. The summed E-state index contributed by atoms with van der Waals surface area (Å²) < 4.78 is 0.678. The van der Waals surface area contributed by atoms with Crippen LogP contribution >= 0.6 is 22.6 Å². The topological polar surface area (TPSA) is 66.4 Å². The fourth-order valence-electron chi connectivity index (χ4n) is 1.13. The number of carbonyl (C=O) groups is 2. The number of rotatable bonds is 4. The van der Waals surface area contributed by atoms with E-state index in [0.717, 1.165) is 0 Å². The van der Waals surface area contributed by atoms with Crippen LogP contribution in [0.5, 0.6) is 5.75 Å². The van der Waals surface area contributed by atoms with Crippen molar-refractivity contribution in [2.24, 2.45) is 5.92 Å². The second kappa shape index (κ2) is 6.00. The third kappa shape index (κ3) is 3.99.